The quantitative estimate of drug-likeness (QED) is 0.677. The number of aromatic nitrogens is 1. The summed E-state index contributed by atoms with van der Waals surface area (Å²) in [6.07, 6.45) is 2.30. The third kappa shape index (κ3) is 3.18. The largest absolute Gasteiger partial charge is 0.370 e. The molecule has 1 saturated heterocycles. The standard InChI is InChI=1S/C14H22N4O2/c1-4-15-13-7-12(18(19)20)8-14(16-13)17-9-10(2)5-6-11(17)3/h7-8,10-11H,4-6,9H2,1-3H3,(H,15,16). The van der Waals surface area contributed by atoms with Crippen LogP contribution in [0.1, 0.15) is 33.6 Å². The van der Waals surface area contributed by atoms with E-state index >= 15 is 0 Å². The van der Waals surface area contributed by atoms with E-state index in [-0.39, 0.29) is 10.6 Å². The maximum absolute atomic E-state index is 11.1. The molecule has 20 heavy (non-hydrogen) atoms. The lowest BCUT2D eigenvalue weighted by molar-refractivity contribution is -0.384. The highest BCUT2D eigenvalue weighted by atomic mass is 16.6. The van der Waals surface area contributed by atoms with Crippen LogP contribution in [0.4, 0.5) is 17.3 Å². The van der Waals surface area contributed by atoms with Crippen molar-refractivity contribution < 1.29 is 4.92 Å². The molecule has 1 fully saturated rings. The summed E-state index contributed by atoms with van der Waals surface area (Å²) in [5.41, 5.74) is 0.0939. The summed E-state index contributed by atoms with van der Waals surface area (Å²) in [5.74, 6) is 1.87. The first-order valence-corrected chi connectivity index (χ1v) is 7.18. The molecule has 2 rings (SSSR count). The zero-order valence-electron chi connectivity index (χ0n) is 12.3. The molecular weight excluding hydrogens is 256 g/mol. The van der Waals surface area contributed by atoms with E-state index in [0.29, 0.717) is 30.1 Å². The van der Waals surface area contributed by atoms with Gasteiger partial charge in [0.15, 0.2) is 0 Å². The van der Waals surface area contributed by atoms with Gasteiger partial charge in [-0.3, -0.25) is 10.1 Å². The highest BCUT2D eigenvalue weighted by Gasteiger charge is 2.25. The van der Waals surface area contributed by atoms with Crippen molar-refractivity contribution in [2.75, 3.05) is 23.3 Å². The molecule has 0 amide bonds. The van der Waals surface area contributed by atoms with Crippen molar-refractivity contribution in [1.29, 1.82) is 0 Å². The Morgan fingerprint density at radius 2 is 2.20 bits per heavy atom. The van der Waals surface area contributed by atoms with Gasteiger partial charge in [-0.05, 0) is 32.6 Å². The van der Waals surface area contributed by atoms with Crippen molar-refractivity contribution in [2.45, 2.75) is 39.7 Å². The molecule has 0 saturated carbocycles. The van der Waals surface area contributed by atoms with Gasteiger partial charge in [0.2, 0.25) is 0 Å². The van der Waals surface area contributed by atoms with E-state index in [1.165, 1.54) is 12.5 Å². The summed E-state index contributed by atoms with van der Waals surface area (Å²) in [7, 11) is 0. The van der Waals surface area contributed by atoms with E-state index in [4.69, 9.17) is 0 Å². The van der Waals surface area contributed by atoms with Gasteiger partial charge < -0.3 is 10.2 Å². The smallest absolute Gasteiger partial charge is 0.276 e. The van der Waals surface area contributed by atoms with Gasteiger partial charge in [-0.25, -0.2) is 4.98 Å². The van der Waals surface area contributed by atoms with E-state index in [2.05, 4.69) is 29.0 Å². The monoisotopic (exact) mass is 278 g/mol. The Morgan fingerprint density at radius 1 is 1.45 bits per heavy atom. The third-order valence-corrected chi connectivity index (χ3v) is 3.78. The fourth-order valence-corrected chi connectivity index (χ4v) is 2.63. The first-order valence-electron chi connectivity index (χ1n) is 7.18. The van der Waals surface area contributed by atoms with E-state index in [1.807, 2.05) is 6.92 Å². The lowest BCUT2D eigenvalue weighted by Gasteiger charge is -2.37. The summed E-state index contributed by atoms with van der Waals surface area (Å²) in [6, 6.07) is 3.44. The number of nitro groups is 1. The summed E-state index contributed by atoms with van der Waals surface area (Å²) < 4.78 is 0. The summed E-state index contributed by atoms with van der Waals surface area (Å²) in [4.78, 5) is 17.4. The van der Waals surface area contributed by atoms with Crippen LogP contribution in [-0.2, 0) is 0 Å². The maximum Gasteiger partial charge on any atom is 0.276 e. The molecule has 6 heteroatoms. The Morgan fingerprint density at radius 3 is 2.85 bits per heavy atom. The van der Waals surface area contributed by atoms with Crippen molar-refractivity contribution in [1.82, 2.24) is 4.98 Å². The first kappa shape index (κ1) is 14.6. The molecular formula is C14H22N4O2. The molecule has 0 spiro atoms. The van der Waals surface area contributed by atoms with Crippen LogP contribution in [0.5, 0.6) is 0 Å². The average molecular weight is 278 g/mol. The van der Waals surface area contributed by atoms with Crippen LogP contribution in [0.2, 0.25) is 0 Å². The Hall–Kier alpha value is -1.85. The number of nitrogens with zero attached hydrogens (tertiary/aromatic N) is 3. The molecule has 2 unspecified atom stereocenters. The van der Waals surface area contributed by atoms with Crippen LogP contribution in [0.25, 0.3) is 0 Å². The molecule has 2 atom stereocenters. The van der Waals surface area contributed by atoms with E-state index in [1.54, 1.807) is 6.07 Å². The number of pyridine rings is 1. The molecule has 2 heterocycles. The van der Waals surface area contributed by atoms with Crippen molar-refractivity contribution in [3.8, 4) is 0 Å². The second-order valence-electron chi connectivity index (χ2n) is 5.54. The van der Waals surface area contributed by atoms with Crippen LogP contribution in [0.3, 0.4) is 0 Å². The molecule has 1 aromatic heterocycles. The molecule has 110 valence electrons. The Bertz CT molecular complexity index is 492. The van der Waals surface area contributed by atoms with E-state index in [0.717, 1.165) is 13.0 Å². The van der Waals surface area contributed by atoms with Crippen LogP contribution < -0.4 is 10.2 Å². The summed E-state index contributed by atoms with van der Waals surface area (Å²) in [6.45, 7) is 7.91. The first-order chi connectivity index (χ1) is 9.51. The van der Waals surface area contributed by atoms with Crippen LogP contribution in [-0.4, -0.2) is 29.0 Å². The van der Waals surface area contributed by atoms with Gasteiger partial charge in [-0.1, -0.05) is 6.92 Å². The maximum atomic E-state index is 11.1. The minimum atomic E-state index is -0.357. The summed E-state index contributed by atoms with van der Waals surface area (Å²) in [5, 5.41) is 14.1. The number of piperidine rings is 1. The van der Waals surface area contributed by atoms with E-state index in [9.17, 15) is 10.1 Å². The zero-order chi connectivity index (χ0) is 14.7. The zero-order valence-corrected chi connectivity index (χ0v) is 12.3. The van der Waals surface area contributed by atoms with Gasteiger partial charge in [-0.15, -0.1) is 0 Å². The normalized spacial score (nSPS) is 22.6. The minimum absolute atomic E-state index is 0.0939. The third-order valence-electron chi connectivity index (χ3n) is 3.78. The molecule has 0 aromatic carbocycles. The van der Waals surface area contributed by atoms with E-state index < -0.39 is 0 Å². The van der Waals surface area contributed by atoms with Crippen molar-refractivity contribution in [2.24, 2.45) is 5.92 Å². The predicted molar refractivity (Wildman–Crippen MR) is 80.3 cm³/mol. The molecule has 1 aliphatic rings. The molecule has 0 bridgehead atoms. The lowest BCUT2D eigenvalue weighted by atomic mass is 9.95. The Labute approximate surface area is 119 Å². The second-order valence-corrected chi connectivity index (χ2v) is 5.54. The Kier molecular flexibility index (Phi) is 4.42. The Balaban J connectivity index is 2.35. The minimum Gasteiger partial charge on any atom is -0.370 e. The van der Waals surface area contributed by atoms with Crippen molar-refractivity contribution in [3.05, 3.63) is 22.2 Å². The number of nitrogens with one attached hydrogen (secondary N) is 1. The highest BCUT2D eigenvalue weighted by Crippen LogP contribution is 2.30. The molecule has 1 aromatic rings. The molecule has 1 aliphatic heterocycles. The number of anilines is 2. The fraction of sp³-hybridized carbons (Fsp3) is 0.643. The number of rotatable bonds is 4. The van der Waals surface area contributed by atoms with Crippen LogP contribution in [0.15, 0.2) is 12.1 Å². The molecule has 6 nitrogen and oxygen atoms in total. The number of hydrogen-bond acceptors (Lipinski definition) is 5. The van der Waals surface area contributed by atoms with Gasteiger partial charge in [0.25, 0.3) is 5.69 Å². The van der Waals surface area contributed by atoms with Gasteiger partial charge in [0, 0.05) is 19.1 Å². The molecule has 1 N–H and O–H groups in total. The summed E-state index contributed by atoms with van der Waals surface area (Å²) >= 11 is 0. The molecule has 0 aliphatic carbocycles. The van der Waals surface area contributed by atoms with Gasteiger partial charge in [0.1, 0.15) is 11.6 Å². The van der Waals surface area contributed by atoms with Crippen molar-refractivity contribution in [3.63, 3.8) is 0 Å². The molecule has 0 radical (unpaired) electrons. The highest BCUT2D eigenvalue weighted by molar-refractivity contribution is 5.56. The predicted octanol–water partition coefficient (Wildman–Crippen LogP) is 3.05. The topological polar surface area (TPSA) is 71.3 Å². The van der Waals surface area contributed by atoms with Gasteiger partial charge in [0.05, 0.1) is 17.1 Å². The average Bonchev–Trinajstić information content (AvgIpc) is 2.41. The fourth-order valence-electron chi connectivity index (χ4n) is 2.63. The van der Waals surface area contributed by atoms with Gasteiger partial charge >= 0.3 is 0 Å². The van der Waals surface area contributed by atoms with Crippen molar-refractivity contribution >= 4 is 17.3 Å². The SMILES string of the molecule is CCNc1cc([N+](=O)[O-])cc(N2CC(C)CCC2C)n1. The number of hydrogen-bond donors (Lipinski definition) is 1. The second kappa shape index (κ2) is 6.07. The lowest BCUT2D eigenvalue weighted by Crippen LogP contribution is -2.41. The van der Waals surface area contributed by atoms with Crippen LogP contribution in [0, 0.1) is 16.0 Å². The van der Waals surface area contributed by atoms with Crippen LogP contribution >= 0.6 is 0 Å². The van der Waals surface area contributed by atoms with Gasteiger partial charge in [-0.2, -0.15) is 0 Å².